The summed E-state index contributed by atoms with van der Waals surface area (Å²) in [5.74, 6) is -1.96. The Morgan fingerprint density at radius 1 is 1.53 bits per heavy atom. The molecule has 94 valence electrons. The number of nitrogens with two attached hydrogens (primary N) is 1. The number of carboxylic acids is 1. The van der Waals surface area contributed by atoms with E-state index < -0.39 is 11.8 Å². The molecular weight excluding hydrogens is 223 g/mol. The molecule has 0 saturated heterocycles. The quantitative estimate of drug-likeness (QED) is 0.707. The number of carbonyl (C=O) groups is 1. The van der Waals surface area contributed by atoms with E-state index in [0.717, 1.165) is 12.5 Å². The number of carboxylic acid groups (broad SMARTS) is 1. The van der Waals surface area contributed by atoms with E-state index in [1.807, 2.05) is 20.8 Å². The van der Waals surface area contributed by atoms with Crippen LogP contribution in [0.5, 0.6) is 0 Å². The van der Waals surface area contributed by atoms with Crippen molar-refractivity contribution in [1.29, 1.82) is 0 Å². The van der Waals surface area contributed by atoms with Gasteiger partial charge in [0.2, 0.25) is 0 Å². The highest BCUT2D eigenvalue weighted by Gasteiger charge is 2.22. The standard InChI is InChI=1S/C12H17FN2O2/c1-4-12(2,3)15-8-6-5-7(13)10(14)9(8)11(16)17/h5-6,15H,4,14H2,1-3H3,(H,16,17). The van der Waals surface area contributed by atoms with Crippen LogP contribution in [0.25, 0.3) is 0 Å². The number of aromatic carboxylic acids is 1. The predicted octanol–water partition coefficient (Wildman–Crippen LogP) is 2.71. The van der Waals surface area contributed by atoms with Crippen molar-refractivity contribution < 1.29 is 14.3 Å². The molecule has 0 spiro atoms. The molecular formula is C12H17FN2O2. The minimum atomic E-state index is -1.24. The first-order valence-electron chi connectivity index (χ1n) is 5.38. The Hall–Kier alpha value is -1.78. The summed E-state index contributed by atoms with van der Waals surface area (Å²) < 4.78 is 13.2. The molecule has 1 aromatic rings. The highest BCUT2D eigenvalue weighted by Crippen LogP contribution is 2.28. The van der Waals surface area contributed by atoms with Crippen molar-refractivity contribution >= 4 is 17.3 Å². The Bertz CT molecular complexity index is 444. The lowest BCUT2D eigenvalue weighted by molar-refractivity contribution is 0.0698. The van der Waals surface area contributed by atoms with Crippen molar-refractivity contribution in [1.82, 2.24) is 0 Å². The van der Waals surface area contributed by atoms with Gasteiger partial charge >= 0.3 is 5.97 Å². The molecule has 0 saturated carbocycles. The van der Waals surface area contributed by atoms with Crippen LogP contribution in [0.15, 0.2) is 12.1 Å². The topological polar surface area (TPSA) is 75.3 Å². The molecule has 0 aromatic heterocycles. The number of hydrogen-bond acceptors (Lipinski definition) is 3. The molecule has 0 aliphatic rings. The van der Waals surface area contributed by atoms with E-state index in [2.05, 4.69) is 5.32 Å². The molecule has 0 heterocycles. The van der Waals surface area contributed by atoms with Crippen LogP contribution < -0.4 is 11.1 Å². The predicted molar refractivity (Wildman–Crippen MR) is 65.8 cm³/mol. The van der Waals surface area contributed by atoms with Crippen LogP contribution in [0.1, 0.15) is 37.6 Å². The van der Waals surface area contributed by atoms with E-state index >= 15 is 0 Å². The van der Waals surface area contributed by atoms with Crippen LogP contribution in [0.3, 0.4) is 0 Å². The van der Waals surface area contributed by atoms with Crippen LogP contribution in [-0.2, 0) is 0 Å². The number of rotatable bonds is 4. The lowest BCUT2D eigenvalue weighted by atomic mass is 10.00. The van der Waals surface area contributed by atoms with Gasteiger partial charge in [0.25, 0.3) is 0 Å². The van der Waals surface area contributed by atoms with Crippen molar-refractivity contribution in [3.8, 4) is 0 Å². The lowest BCUT2D eigenvalue weighted by Crippen LogP contribution is -2.30. The fourth-order valence-corrected chi connectivity index (χ4v) is 1.38. The van der Waals surface area contributed by atoms with Crippen molar-refractivity contribution in [2.75, 3.05) is 11.1 Å². The smallest absolute Gasteiger partial charge is 0.340 e. The minimum absolute atomic E-state index is 0.216. The first-order valence-corrected chi connectivity index (χ1v) is 5.38. The molecule has 5 heteroatoms. The first kappa shape index (κ1) is 13.3. The summed E-state index contributed by atoms with van der Waals surface area (Å²) in [6, 6.07) is 2.56. The van der Waals surface area contributed by atoms with E-state index in [9.17, 15) is 9.18 Å². The molecule has 1 rings (SSSR count). The summed E-state index contributed by atoms with van der Waals surface area (Å²) >= 11 is 0. The fraction of sp³-hybridized carbons (Fsp3) is 0.417. The SMILES string of the molecule is CCC(C)(C)Nc1ccc(F)c(N)c1C(=O)O. The fourth-order valence-electron chi connectivity index (χ4n) is 1.38. The second-order valence-electron chi connectivity index (χ2n) is 4.55. The Balaban J connectivity index is 3.25. The molecule has 0 bridgehead atoms. The molecule has 17 heavy (non-hydrogen) atoms. The van der Waals surface area contributed by atoms with E-state index in [1.165, 1.54) is 6.07 Å². The molecule has 0 aliphatic heterocycles. The van der Waals surface area contributed by atoms with E-state index in [1.54, 1.807) is 0 Å². The number of hydrogen-bond donors (Lipinski definition) is 3. The highest BCUT2D eigenvalue weighted by atomic mass is 19.1. The minimum Gasteiger partial charge on any atom is -0.478 e. The Morgan fingerprint density at radius 3 is 2.59 bits per heavy atom. The third-order valence-electron chi connectivity index (χ3n) is 2.76. The average molecular weight is 240 g/mol. The van der Waals surface area contributed by atoms with Gasteiger partial charge in [0.1, 0.15) is 11.4 Å². The van der Waals surface area contributed by atoms with Crippen molar-refractivity contribution in [2.45, 2.75) is 32.7 Å². The maximum absolute atomic E-state index is 13.2. The maximum atomic E-state index is 13.2. The summed E-state index contributed by atoms with van der Waals surface area (Å²) in [4.78, 5) is 11.1. The van der Waals surface area contributed by atoms with Crippen molar-refractivity contribution in [3.05, 3.63) is 23.5 Å². The molecule has 0 fully saturated rings. The van der Waals surface area contributed by atoms with Gasteiger partial charge in [-0.3, -0.25) is 0 Å². The Morgan fingerprint density at radius 2 is 2.12 bits per heavy atom. The van der Waals surface area contributed by atoms with Crippen LogP contribution >= 0.6 is 0 Å². The van der Waals surface area contributed by atoms with E-state index in [0.29, 0.717) is 5.69 Å². The maximum Gasteiger partial charge on any atom is 0.340 e. The van der Waals surface area contributed by atoms with Crippen LogP contribution in [0, 0.1) is 5.82 Å². The molecule has 4 nitrogen and oxygen atoms in total. The number of nitrogens with one attached hydrogen (secondary N) is 1. The van der Waals surface area contributed by atoms with E-state index in [-0.39, 0.29) is 16.8 Å². The van der Waals surface area contributed by atoms with Crippen LogP contribution in [0.2, 0.25) is 0 Å². The van der Waals surface area contributed by atoms with Gasteiger partial charge in [0, 0.05) is 5.54 Å². The molecule has 4 N–H and O–H groups in total. The number of anilines is 2. The summed E-state index contributed by atoms with van der Waals surface area (Å²) in [6.45, 7) is 5.83. The summed E-state index contributed by atoms with van der Waals surface area (Å²) in [7, 11) is 0. The summed E-state index contributed by atoms with van der Waals surface area (Å²) in [6.07, 6.45) is 0.795. The van der Waals surface area contributed by atoms with Gasteiger partial charge in [0.05, 0.1) is 11.4 Å². The van der Waals surface area contributed by atoms with Gasteiger partial charge in [-0.25, -0.2) is 9.18 Å². The van der Waals surface area contributed by atoms with Gasteiger partial charge in [-0.2, -0.15) is 0 Å². The van der Waals surface area contributed by atoms with Crippen molar-refractivity contribution in [3.63, 3.8) is 0 Å². The van der Waals surface area contributed by atoms with Gasteiger partial charge in [-0.1, -0.05) is 6.92 Å². The molecule has 0 aliphatic carbocycles. The molecule has 0 radical (unpaired) electrons. The van der Waals surface area contributed by atoms with Gasteiger partial charge in [-0.05, 0) is 32.4 Å². The van der Waals surface area contributed by atoms with Crippen molar-refractivity contribution in [2.24, 2.45) is 0 Å². The number of benzene rings is 1. The summed E-state index contributed by atoms with van der Waals surface area (Å²) in [5, 5.41) is 12.1. The largest absolute Gasteiger partial charge is 0.478 e. The molecule has 0 atom stereocenters. The highest BCUT2D eigenvalue weighted by molar-refractivity contribution is 6.00. The number of nitrogen functional groups attached to an aromatic ring is 1. The molecule has 0 unspecified atom stereocenters. The van der Waals surface area contributed by atoms with Gasteiger partial charge in [-0.15, -0.1) is 0 Å². The zero-order valence-electron chi connectivity index (χ0n) is 10.2. The zero-order valence-corrected chi connectivity index (χ0v) is 10.2. The normalized spacial score (nSPS) is 11.3. The first-order chi connectivity index (χ1) is 7.78. The van der Waals surface area contributed by atoms with E-state index in [4.69, 9.17) is 10.8 Å². The second kappa shape index (κ2) is 4.61. The van der Waals surface area contributed by atoms with Gasteiger partial charge in [0.15, 0.2) is 0 Å². The van der Waals surface area contributed by atoms with Gasteiger partial charge < -0.3 is 16.2 Å². The average Bonchev–Trinajstić information content (AvgIpc) is 2.23. The monoisotopic (exact) mass is 240 g/mol. The second-order valence-corrected chi connectivity index (χ2v) is 4.55. The number of halogens is 1. The Labute approximate surface area is 99.6 Å². The third-order valence-corrected chi connectivity index (χ3v) is 2.76. The molecule has 1 aromatic carbocycles. The van der Waals surface area contributed by atoms with Crippen LogP contribution in [-0.4, -0.2) is 16.6 Å². The third kappa shape index (κ3) is 2.87. The zero-order chi connectivity index (χ0) is 13.2. The summed E-state index contributed by atoms with van der Waals surface area (Å²) in [5.41, 5.74) is 4.95. The Kier molecular flexibility index (Phi) is 3.60. The molecule has 0 amide bonds. The lowest BCUT2D eigenvalue weighted by Gasteiger charge is -2.27. The van der Waals surface area contributed by atoms with Crippen LogP contribution in [0.4, 0.5) is 15.8 Å².